The van der Waals surface area contributed by atoms with Crippen molar-refractivity contribution in [2.45, 2.75) is 18.9 Å². The zero-order chi connectivity index (χ0) is 23.1. The van der Waals surface area contributed by atoms with Crippen LogP contribution in [0, 0.1) is 0 Å². The van der Waals surface area contributed by atoms with Gasteiger partial charge in [-0.05, 0) is 35.9 Å². The Morgan fingerprint density at radius 2 is 1.78 bits per heavy atom. The van der Waals surface area contributed by atoms with Gasteiger partial charge in [0.1, 0.15) is 0 Å². The average Bonchev–Trinajstić information content (AvgIpc) is 2.75. The highest BCUT2D eigenvalue weighted by molar-refractivity contribution is 6.31. The molecule has 2 aromatic carbocycles. The van der Waals surface area contributed by atoms with Gasteiger partial charge in [-0.15, -0.1) is 0 Å². The molecule has 3 rings (SSSR count). The van der Waals surface area contributed by atoms with Crippen LogP contribution in [0.3, 0.4) is 0 Å². The Hall–Kier alpha value is -3.43. The fraction of sp³-hybridized carbons (Fsp3) is 0.136. The molecule has 1 atom stereocenters. The highest BCUT2D eigenvalue weighted by Crippen LogP contribution is 2.36. The number of ether oxygens (including phenoxy) is 1. The molecule has 2 N–H and O–H groups in total. The summed E-state index contributed by atoms with van der Waals surface area (Å²) in [5, 5.41) is 4.90. The number of urea groups is 1. The summed E-state index contributed by atoms with van der Waals surface area (Å²) in [5.74, 6) is -0.651. The summed E-state index contributed by atoms with van der Waals surface area (Å²) in [4.78, 5) is 28.0. The predicted octanol–water partition coefficient (Wildman–Crippen LogP) is 5.52. The van der Waals surface area contributed by atoms with Crippen LogP contribution in [0.15, 0.2) is 72.9 Å². The van der Waals surface area contributed by atoms with Crippen LogP contribution in [0.1, 0.15) is 27.7 Å². The van der Waals surface area contributed by atoms with Gasteiger partial charge < -0.3 is 10.1 Å². The Bertz CT molecular complexity index is 1080. The number of pyridine rings is 1. The molecular weight excluding hydrogens is 447 g/mol. The fourth-order valence-electron chi connectivity index (χ4n) is 2.73. The smallest absolute Gasteiger partial charge is 0.358 e. The quantitative estimate of drug-likeness (QED) is 0.504. The van der Waals surface area contributed by atoms with Crippen molar-refractivity contribution < 1.29 is 27.5 Å². The molecular formula is C22H17ClF3N3O3. The standard InChI is InChI=1S/C22H17ClF3N3O3/c23-16-8-4-7-15(11-16)20(30)29-21(31)28-17-9-10-18(27-12-17)13-32-19(22(24,25)26)14-5-2-1-3-6-14/h1-12,19H,13H2,(H2,28,29,30,31). The van der Waals surface area contributed by atoms with Crippen molar-refractivity contribution in [1.82, 2.24) is 10.3 Å². The minimum absolute atomic E-state index is 0.0145. The second-order valence-corrected chi connectivity index (χ2v) is 7.04. The summed E-state index contributed by atoms with van der Waals surface area (Å²) in [5.41, 5.74) is 0.659. The number of hydrogen-bond acceptors (Lipinski definition) is 4. The number of aromatic nitrogens is 1. The summed E-state index contributed by atoms with van der Waals surface area (Å²) in [6.45, 7) is -0.390. The third-order valence-electron chi connectivity index (χ3n) is 4.19. The molecule has 0 aliphatic rings. The number of rotatable bonds is 6. The molecule has 10 heteroatoms. The lowest BCUT2D eigenvalue weighted by molar-refractivity contribution is -0.227. The summed E-state index contributed by atoms with van der Waals surface area (Å²) >= 11 is 5.81. The monoisotopic (exact) mass is 463 g/mol. The van der Waals surface area contributed by atoms with E-state index in [4.69, 9.17) is 16.3 Å². The Kier molecular flexibility index (Phi) is 7.45. The van der Waals surface area contributed by atoms with Gasteiger partial charge >= 0.3 is 12.2 Å². The number of carbonyl (C=O) groups is 2. The zero-order valence-corrected chi connectivity index (χ0v) is 17.2. The average molecular weight is 464 g/mol. The second kappa shape index (κ2) is 10.3. The van der Waals surface area contributed by atoms with Crippen molar-refractivity contribution in [1.29, 1.82) is 0 Å². The molecule has 0 saturated heterocycles. The van der Waals surface area contributed by atoms with Crippen molar-refractivity contribution in [3.05, 3.63) is 94.8 Å². The van der Waals surface area contributed by atoms with Crippen LogP contribution in [-0.4, -0.2) is 23.1 Å². The van der Waals surface area contributed by atoms with E-state index in [1.165, 1.54) is 54.7 Å². The first-order valence-electron chi connectivity index (χ1n) is 9.28. The van der Waals surface area contributed by atoms with Gasteiger partial charge in [0.15, 0.2) is 6.10 Å². The second-order valence-electron chi connectivity index (χ2n) is 6.60. The molecule has 0 bridgehead atoms. The first-order valence-corrected chi connectivity index (χ1v) is 9.66. The number of amides is 3. The van der Waals surface area contributed by atoms with E-state index in [-0.39, 0.29) is 22.5 Å². The molecule has 1 unspecified atom stereocenters. The highest BCUT2D eigenvalue weighted by atomic mass is 35.5. The van der Waals surface area contributed by atoms with Crippen LogP contribution in [-0.2, 0) is 11.3 Å². The molecule has 0 aliphatic carbocycles. The maximum Gasteiger partial charge on any atom is 0.418 e. The molecule has 0 radical (unpaired) electrons. The maximum absolute atomic E-state index is 13.3. The Labute approximate surface area is 186 Å². The van der Waals surface area contributed by atoms with E-state index >= 15 is 0 Å². The van der Waals surface area contributed by atoms with Gasteiger partial charge in [-0.1, -0.05) is 48.0 Å². The summed E-state index contributed by atoms with van der Waals surface area (Å²) < 4.78 is 45.1. The molecule has 6 nitrogen and oxygen atoms in total. The van der Waals surface area contributed by atoms with E-state index in [0.29, 0.717) is 5.02 Å². The molecule has 0 spiro atoms. The highest BCUT2D eigenvalue weighted by Gasteiger charge is 2.41. The van der Waals surface area contributed by atoms with Gasteiger partial charge in [0.05, 0.1) is 24.2 Å². The molecule has 32 heavy (non-hydrogen) atoms. The normalized spacial score (nSPS) is 12.1. The summed E-state index contributed by atoms with van der Waals surface area (Å²) in [6.07, 6.45) is -5.43. The Morgan fingerprint density at radius 3 is 2.41 bits per heavy atom. The molecule has 0 fully saturated rings. The molecule has 0 aliphatic heterocycles. The van der Waals surface area contributed by atoms with E-state index in [1.54, 1.807) is 18.2 Å². The number of nitrogens with zero attached hydrogens (tertiary/aromatic N) is 1. The predicted molar refractivity (Wildman–Crippen MR) is 112 cm³/mol. The molecule has 1 aromatic heterocycles. The van der Waals surface area contributed by atoms with Gasteiger partial charge in [-0.2, -0.15) is 13.2 Å². The fourth-order valence-corrected chi connectivity index (χ4v) is 2.92. The van der Waals surface area contributed by atoms with Gasteiger partial charge in [-0.3, -0.25) is 15.1 Å². The number of hydrogen-bond donors (Lipinski definition) is 2. The summed E-state index contributed by atoms with van der Waals surface area (Å²) in [6, 6.07) is 15.4. The van der Waals surface area contributed by atoms with E-state index in [2.05, 4.69) is 15.6 Å². The first-order chi connectivity index (χ1) is 15.2. The van der Waals surface area contributed by atoms with E-state index < -0.39 is 30.8 Å². The number of halogens is 4. The number of anilines is 1. The first kappa shape index (κ1) is 23.2. The number of benzene rings is 2. The van der Waals surface area contributed by atoms with Gasteiger partial charge in [0.2, 0.25) is 0 Å². The van der Waals surface area contributed by atoms with E-state index in [9.17, 15) is 22.8 Å². The number of carbonyl (C=O) groups excluding carboxylic acids is 2. The minimum Gasteiger partial charge on any atom is -0.358 e. The van der Waals surface area contributed by atoms with E-state index in [1.807, 2.05) is 0 Å². The Balaban J connectivity index is 1.56. The molecule has 1 heterocycles. The lowest BCUT2D eigenvalue weighted by Gasteiger charge is -2.21. The van der Waals surface area contributed by atoms with Crippen LogP contribution < -0.4 is 10.6 Å². The topological polar surface area (TPSA) is 80.3 Å². The van der Waals surface area contributed by atoms with Crippen molar-refractivity contribution in [2.24, 2.45) is 0 Å². The van der Waals surface area contributed by atoms with E-state index in [0.717, 1.165) is 0 Å². The number of imide groups is 1. The van der Waals surface area contributed by atoms with Crippen molar-refractivity contribution in [3.63, 3.8) is 0 Å². The largest absolute Gasteiger partial charge is 0.418 e. The van der Waals surface area contributed by atoms with Crippen LogP contribution >= 0.6 is 11.6 Å². The van der Waals surface area contributed by atoms with Gasteiger partial charge in [0, 0.05) is 10.6 Å². The van der Waals surface area contributed by atoms with Gasteiger partial charge in [0.25, 0.3) is 5.91 Å². The number of nitrogens with one attached hydrogen (secondary N) is 2. The molecule has 0 saturated carbocycles. The third-order valence-corrected chi connectivity index (χ3v) is 4.43. The summed E-state index contributed by atoms with van der Waals surface area (Å²) in [7, 11) is 0. The van der Waals surface area contributed by atoms with Crippen molar-refractivity contribution in [3.8, 4) is 0 Å². The van der Waals surface area contributed by atoms with Gasteiger partial charge in [-0.25, -0.2) is 4.79 Å². The Morgan fingerprint density at radius 1 is 1.03 bits per heavy atom. The van der Waals surface area contributed by atoms with Crippen LogP contribution in [0.2, 0.25) is 5.02 Å². The van der Waals surface area contributed by atoms with Crippen LogP contribution in [0.25, 0.3) is 0 Å². The molecule has 3 aromatic rings. The van der Waals surface area contributed by atoms with Crippen molar-refractivity contribution in [2.75, 3.05) is 5.32 Å². The van der Waals surface area contributed by atoms with Crippen LogP contribution in [0.5, 0.6) is 0 Å². The molecule has 166 valence electrons. The van der Waals surface area contributed by atoms with Crippen LogP contribution in [0.4, 0.5) is 23.7 Å². The lowest BCUT2D eigenvalue weighted by atomic mass is 10.1. The molecule has 3 amide bonds. The maximum atomic E-state index is 13.3. The third kappa shape index (κ3) is 6.53. The van der Waals surface area contributed by atoms with Crippen molar-refractivity contribution >= 4 is 29.2 Å². The number of alkyl halides is 3. The minimum atomic E-state index is -4.59. The lowest BCUT2D eigenvalue weighted by Crippen LogP contribution is -2.34. The SMILES string of the molecule is O=C(NC(=O)c1cccc(Cl)c1)Nc1ccc(COC(c2ccccc2)C(F)(F)F)nc1. The zero-order valence-electron chi connectivity index (χ0n) is 16.4.